The molecule has 0 aromatic rings. The van der Waals surface area contributed by atoms with E-state index in [0.717, 1.165) is 6.92 Å². The van der Waals surface area contributed by atoms with Gasteiger partial charge < -0.3 is 19.3 Å². The van der Waals surface area contributed by atoms with E-state index in [0.29, 0.717) is 0 Å². The number of cyclic esters (lactones) is 6. The maximum absolute atomic E-state index is 10.7. The molecule has 0 aliphatic carbocycles. The molecule has 1 N–H and O–H groups in total. The first-order valence-electron chi connectivity index (χ1n) is 5.58. The Morgan fingerprint density at radius 1 is 0.739 bits per heavy atom. The Kier molecular flexibility index (Phi) is 3.14. The lowest BCUT2D eigenvalue weighted by Crippen LogP contribution is -2.71. The lowest BCUT2D eigenvalue weighted by molar-refractivity contribution is -0.224. The summed E-state index contributed by atoms with van der Waals surface area (Å²) >= 11 is 0. The van der Waals surface area contributed by atoms with E-state index in [9.17, 15) is 38.4 Å². The first-order chi connectivity index (χ1) is 10.5. The minimum Gasteiger partial charge on any atom is -0.480 e. The molecular weight excluding hydrogens is 324 g/mol. The van der Waals surface area contributed by atoms with Crippen molar-refractivity contribution in [3.8, 4) is 0 Å². The molecule has 3 rings (SSSR count). The summed E-state index contributed by atoms with van der Waals surface area (Å²) in [6, 6.07) is 0. The summed E-state index contributed by atoms with van der Waals surface area (Å²) in [5.41, 5.74) is -4.81. The number of hydrogen-bond acceptors (Lipinski definition) is 11. The number of aliphatic carboxylic acids is 1. The van der Waals surface area contributed by atoms with Crippen molar-refractivity contribution in [2.45, 2.75) is 6.92 Å². The van der Waals surface area contributed by atoms with Gasteiger partial charge in [0.05, 0.1) is 0 Å². The molecule has 3 fully saturated rings. The van der Waals surface area contributed by atoms with Gasteiger partial charge in [-0.25, -0.2) is 33.6 Å². The van der Waals surface area contributed by atoms with E-state index in [4.69, 9.17) is 5.11 Å². The topological polar surface area (TPSA) is 184 Å². The second-order valence-electron chi connectivity index (χ2n) is 4.39. The molecule has 23 heavy (non-hydrogen) atoms. The fraction of sp³-hybridized carbons (Fsp3) is 0.273. The maximum Gasteiger partial charge on any atom is 0.357 e. The van der Waals surface area contributed by atoms with Gasteiger partial charge in [-0.15, -0.1) is 0 Å². The third kappa shape index (κ3) is 1.59. The fourth-order valence-electron chi connectivity index (χ4n) is 1.77. The molecule has 3 heterocycles. The third-order valence-corrected chi connectivity index (χ3v) is 3.24. The van der Waals surface area contributed by atoms with Crippen LogP contribution >= 0.6 is 0 Å². The van der Waals surface area contributed by atoms with E-state index in [-0.39, 0.29) is 0 Å². The molecular formula is C11H4O12. The largest absolute Gasteiger partial charge is 0.480 e. The molecule has 3 aliphatic rings. The van der Waals surface area contributed by atoms with Gasteiger partial charge in [0.1, 0.15) is 0 Å². The Bertz CT molecular complexity index is 627. The Labute approximate surface area is 124 Å². The molecule has 12 nitrogen and oxygen atoms in total. The quantitative estimate of drug-likeness (QED) is 0.305. The van der Waals surface area contributed by atoms with Gasteiger partial charge in [0.15, 0.2) is 5.78 Å². The Morgan fingerprint density at radius 3 is 1.13 bits per heavy atom. The van der Waals surface area contributed by atoms with Crippen LogP contribution in [0.25, 0.3) is 0 Å². The Morgan fingerprint density at radius 2 is 1.04 bits per heavy atom. The van der Waals surface area contributed by atoms with Crippen molar-refractivity contribution in [2.24, 2.45) is 10.8 Å². The van der Waals surface area contributed by atoms with Crippen LogP contribution in [0.2, 0.25) is 0 Å². The van der Waals surface area contributed by atoms with E-state index in [2.05, 4.69) is 14.2 Å². The minimum absolute atomic E-state index is 0.854. The number of ketones is 1. The van der Waals surface area contributed by atoms with Crippen LogP contribution in [-0.2, 0) is 52.6 Å². The van der Waals surface area contributed by atoms with Crippen LogP contribution in [0.5, 0.6) is 0 Å². The van der Waals surface area contributed by atoms with Crippen LogP contribution < -0.4 is 0 Å². The van der Waals surface area contributed by atoms with E-state index < -0.39 is 58.4 Å². The van der Waals surface area contributed by atoms with E-state index in [1.807, 2.05) is 0 Å². The highest BCUT2D eigenvalue weighted by atomic mass is 16.7. The summed E-state index contributed by atoms with van der Waals surface area (Å²) in [5, 5.41) is 8.45. The number of carboxylic acids is 1. The number of esters is 6. The summed E-state index contributed by atoms with van der Waals surface area (Å²) in [6.45, 7) is 0.854. The van der Waals surface area contributed by atoms with Gasteiger partial charge in [0.2, 0.25) is 0 Å². The number of rotatable bonds is 2. The van der Waals surface area contributed by atoms with Gasteiger partial charge in [-0.1, -0.05) is 0 Å². The van der Waals surface area contributed by atoms with Crippen molar-refractivity contribution in [3.05, 3.63) is 0 Å². The number of carbonyl (C=O) groups is 8. The summed E-state index contributed by atoms with van der Waals surface area (Å²) in [4.78, 5) is 84.3. The zero-order chi connectivity index (χ0) is 17.7. The number of ether oxygens (including phenoxy) is 3. The molecule has 1 spiro atoms. The molecule has 0 bridgehead atoms. The van der Waals surface area contributed by atoms with Crippen molar-refractivity contribution in [1.82, 2.24) is 0 Å². The van der Waals surface area contributed by atoms with Gasteiger partial charge in [0, 0.05) is 0 Å². The van der Waals surface area contributed by atoms with Gasteiger partial charge in [-0.3, -0.25) is 4.79 Å². The second-order valence-corrected chi connectivity index (χ2v) is 4.39. The van der Waals surface area contributed by atoms with Crippen LogP contribution in [0, 0.1) is 10.8 Å². The maximum atomic E-state index is 10.7. The van der Waals surface area contributed by atoms with Crippen LogP contribution in [0.1, 0.15) is 6.92 Å². The number of Topliss-reactive ketones (excluding diaryl/α,β-unsaturated/α-hetero) is 1. The predicted molar refractivity (Wildman–Crippen MR) is 56.5 cm³/mol. The first-order valence-corrected chi connectivity index (χ1v) is 5.58. The van der Waals surface area contributed by atoms with Gasteiger partial charge in [0.25, 0.3) is 0 Å². The highest BCUT2D eigenvalue weighted by molar-refractivity contribution is 6.46. The monoisotopic (exact) mass is 328 g/mol. The summed E-state index contributed by atoms with van der Waals surface area (Å²) in [5.74, 6) is -9.98. The summed E-state index contributed by atoms with van der Waals surface area (Å²) in [7, 11) is 0. The standard InChI is InChI=1S/C6H4O6.C5O6/c1-2(7)6(3(8)9)4(10)12-5(6)11;6-1-5(2(7)10-1)3(8)11-4(5)9/h1H3,(H,8,9);. The third-order valence-electron chi connectivity index (χ3n) is 3.24. The molecule has 3 saturated heterocycles. The van der Waals surface area contributed by atoms with Crippen molar-refractivity contribution in [2.75, 3.05) is 0 Å². The van der Waals surface area contributed by atoms with Crippen molar-refractivity contribution >= 4 is 47.6 Å². The van der Waals surface area contributed by atoms with Crippen molar-refractivity contribution < 1.29 is 57.7 Å². The molecule has 3 aliphatic heterocycles. The predicted octanol–water partition coefficient (Wildman–Crippen LogP) is -3.13. The average molecular weight is 328 g/mol. The number of hydrogen-bond donors (Lipinski definition) is 1. The molecule has 120 valence electrons. The van der Waals surface area contributed by atoms with Crippen molar-refractivity contribution in [1.29, 1.82) is 0 Å². The molecule has 0 atom stereocenters. The molecule has 0 amide bonds. The van der Waals surface area contributed by atoms with E-state index in [1.165, 1.54) is 0 Å². The van der Waals surface area contributed by atoms with Crippen LogP contribution in [0.4, 0.5) is 0 Å². The average Bonchev–Trinajstić information content (AvgIpc) is 2.37. The molecule has 12 heteroatoms. The highest BCUT2D eigenvalue weighted by Crippen LogP contribution is 2.40. The molecule has 0 unspecified atom stereocenters. The van der Waals surface area contributed by atoms with E-state index in [1.54, 1.807) is 0 Å². The Hall–Kier alpha value is -3.44. The number of carbonyl (C=O) groups excluding carboxylic acids is 7. The highest BCUT2D eigenvalue weighted by Gasteiger charge is 2.80. The molecule has 0 aromatic heterocycles. The Balaban J connectivity index is 0.000000167. The van der Waals surface area contributed by atoms with Crippen molar-refractivity contribution in [3.63, 3.8) is 0 Å². The molecule has 0 saturated carbocycles. The van der Waals surface area contributed by atoms with Crippen LogP contribution in [0.3, 0.4) is 0 Å². The SMILES string of the molecule is CC(=O)C1(C(=O)O)C(=O)OC1=O.O=C1OC(=O)C12C(=O)OC2=O. The molecule has 0 aromatic carbocycles. The minimum atomic E-state index is -2.58. The number of carboxylic acid groups (broad SMARTS) is 1. The van der Waals surface area contributed by atoms with Crippen LogP contribution in [0.15, 0.2) is 0 Å². The molecule has 0 radical (unpaired) electrons. The summed E-state index contributed by atoms with van der Waals surface area (Å²) in [6.07, 6.45) is 0. The zero-order valence-electron chi connectivity index (χ0n) is 10.9. The smallest absolute Gasteiger partial charge is 0.357 e. The lowest BCUT2D eigenvalue weighted by atomic mass is 9.80. The van der Waals surface area contributed by atoms with Gasteiger partial charge in [-0.2, -0.15) is 0 Å². The van der Waals surface area contributed by atoms with Crippen LogP contribution in [-0.4, -0.2) is 52.7 Å². The van der Waals surface area contributed by atoms with Gasteiger partial charge >= 0.3 is 52.6 Å². The normalized spacial score (nSPS) is 22.3. The first kappa shape index (κ1) is 15.9. The fourth-order valence-corrected chi connectivity index (χ4v) is 1.77. The summed E-state index contributed by atoms with van der Waals surface area (Å²) < 4.78 is 11.5. The lowest BCUT2D eigenvalue weighted by Gasteiger charge is -2.36. The van der Waals surface area contributed by atoms with E-state index >= 15 is 0 Å². The zero-order valence-corrected chi connectivity index (χ0v) is 10.9. The van der Waals surface area contributed by atoms with Gasteiger partial charge in [-0.05, 0) is 6.92 Å². The second kappa shape index (κ2) is 4.53.